The summed E-state index contributed by atoms with van der Waals surface area (Å²) in [5.74, 6) is 0. The van der Waals surface area contributed by atoms with Gasteiger partial charge >= 0.3 is 0 Å². The minimum Gasteiger partial charge on any atom is -0.297 e. The monoisotopic (exact) mass is 414 g/mol. The topological polar surface area (TPSA) is 40.6 Å². The molecule has 1 aliphatic heterocycles. The molecule has 0 spiro atoms. The highest BCUT2D eigenvalue weighted by Gasteiger charge is 2.37. The van der Waals surface area contributed by atoms with Gasteiger partial charge in [-0.15, -0.1) is 0 Å². The highest BCUT2D eigenvalue weighted by Crippen LogP contribution is 2.33. The van der Waals surface area contributed by atoms with E-state index in [0.29, 0.717) is 11.4 Å². The van der Waals surface area contributed by atoms with Gasteiger partial charge in [0.2, 0.25) is 10.0 Å². The summed E-state index contributed by atoms with van der Waals surface area (Å²) in [5, 5.41) is 0. The van der Waals surface area contributed by atoms with E-state index in [4.69, 9.17) is 0 Å². The second-order valence-corrected chi connectivity index (χ2v) is 10.2. The fourth-order valence-electron chi connectivity index (χ4n) is 4.63. The van der Waals surface area contributed by atoms with Crippen molar-refractivity contribution in [2.45, 2.75) is 65.4 Å². The van der Waals surface area contributed by atoms with Gasteiger partial charge in [-0.05, 0) is 74.4 Å². The van der Waals surface area contributed by atoms with Crippen molar-refractivity contribution < 1.29 is 8.42 Å². The molecule has 1 saturated heterocycles. The third kappa shape index (κ3) is 4.14. The van der Waals surface area contributed by atoms with E-state index in [0.717, 1.165) is 48.3 Å². The van der Waals surface area contributed by atoms with Crippen molar-refractivity contribution in [2.75, 3.05) is 19.6 Å². The van der Waals surface area contributed by atoms with E-state index in [-0.39, 0.29) is 6.04 Å². The van der Waals surface area contributed by atoms with Crippen LogP contribution in [0.15, 0.2) is 35.2 Å². The van der Waals surface area contributed by atoms with Gasteiger partial charge in [0, 0.05) is 32.2 Å². The molecule has 1 heterocycles. The summed E-state index contributed by atoms with van der Waals surface area (Å²) >= 11 is 0. The Labute approximate surface area is 176 Å². The zero-order valence-electron chi connectivity index (χ0n) is 18.6. The molecule has 2 aromatic rings. The smallest absolute Gasteiger partial charge is 0.243 e. The van der Waals surface area contributed by atoms with Gasteiger partial charge in [-0.25, -0.2) is 8.42 Å². The van der Waals surface area contributed by atoms with E-state index in [9.17, 15) is 8.42 Å². The van der Waals surface area contributed by atoms with Crippen molar-refractivity contribution in [3.05, 3.63) is 63.7 Å². The summed E-state index contributed by atoms with van der Waals surface area (Å²) in [6.45, 7) is 15.1. The third-order valence-corrected chi connectivity index (χ3v) is 9.02. The Morgan fingerprint density at radius 3 is 2.03 bits per heavy atom. The van der Waals surface area contributed by atoms with Crippen molar-refractivity contribution in [2.24, 2.45) is 0 Å². The molecule has 1 unspecified atom stereocenters. The summed E-state index contributed by atoms with van der Waals surface area (Å²) in [6, 6.07) is 10.4. The van der Waals surface area contributed by atoms with E-state index >= 15 is 0 Å². The van der Waals surface area contributed by atoms with Crippen LogP contribution in [0.4, 0.5) is 0 Å². The average Bonchev–Trinajstić information content (AvgIpc) is 3.13. The molecule has 29 heavy (non-hydrogen) atoms. The zero-order chi connectivity index (χ0) is 21.3. The summed E-state index contributed by atoms with van der Waals surface area (Å²) < 4.78 is 29.3. The van der Waals surface area contributed by atoms with Crippen molar-refractivity contribution in [3.8, 4) is 0 Å². The lowest BCUT2D eigenvalue weighted by Gasteiger charge is -2.30. The van der Waals surface area contributed by atoms with Gasteiger partial charge in [-0.2, -0.15) is 4.31 Å². The standard InChI is InChI=1S/C24H34N2O2S/c1-7-26(23-13-14-25(16-23)15-22-11-9-8-10-12-22)29(27,28)24-20(5)18(3)17(2)19(4)21(24)6/h8-12,23H,7,13-16H2,1-6H3. The Morgan fingerprint density at radius 1 is 0.931 bits per heavy atom. The highest BCUT2D eigenvalue weighted by atomic mass is 32.2. The Hall–Kier alpha value is -1.69. The number of sulfonamides is 1. The fraction of sp³-hybridized carbons (Fsp3) is 0.500. The first-order valence-electron chi connectivity index (χ1n) is 10.5. The molecule has 0 aromatic heterocycles. The highest BCUT2D eigenvalue weighted by molar-refractivity contribution is 7.89. The predicted octanol–water partition coefficient (Wildman–Crippen LogP) is 4.51. The van der Waals surface area contributed by atoms with Crippen molar-refractivity contribution in [1.82, 2.24) is 9.21 Å². The Balaban J connectivity index is 1.89. The first-order chi connectivity index (χ1) is 13.7. The largest absolute Gasteiger partial charge is 0.297 e. The van der Waals surface area contributed by atoms with Gasteiger partial charge in [0.1, 0.15) is 0 Å². The summed E-state index contributed by atoms with van der Waals surface area (Å²) in [4.78, 5) is 2.88. The zero-order valence-corrected chi connectivity index (χ0v) is 19.4. The van der Waals surface area contributed by atoms with Crippen LogP contribution in [-0.2, 0) is 16.6 Å². The van der Waals surface area contributed by atoms with E-state index in [1.165, 1.54) is 11.1 Å². The number of rotatable bonds is 6. The molecular weight excluding hydrogens is 380 g/mol. The van der Waals surface area contributed by atoms with Gasteiger partial charge in [-0.1, -0.05) is 37.3 Å². The van der Waals surface area contributed by atoms with Gasteiger partial charge in [0.15, 0.2) is 0 Å². The Morgan fingerprint density at radius 2 is 1.48 bits per heavy atom. The van der Waals surface area contributed by atoms with Crippen LogP contribution in [-0.4, -0.2) is 43.3 Å². The summed E-state index contributed by atoms with van der Waals surface area (Å²) in [7, 11) is -3.55. The molecule has 0 radical (unpaired) electrons. The van der Waals surface area contributed by atoms with Crippen molar-refractivity contribution in [3.63, 3.8) is 0 Å². The van der Waals surface area contributed by atoms with E-state index in [1.807, 2.05) is 40.7 Å². The van der Waals surface area contributed by atoms with Gasteiger partial charge in [0.25, 0.3) is 0 Å². The second kappa shape index (κ2) is 8.58. The van der Waals surface area contributed by atoms with Crippen LogP contribution in [0.1, 0.15) is 46.7 Å². The average molecular weight is 415 g/mol. The fourth-order valence-corrected chi connectivity index (χ4v) is 6.85. The van der Waals surface area contributed by atoms with Crippen LogP contribution in [0.5, 0.6) is 0 Å². The lowest BCUT2D eigenvalue weighted by Crippen LogP contribution is -2.42. The van der Waals surface area contributed by atoms with Crippen LogP contribution < -0.4 is 0 Å². The normalized spacial score (nSPS) is 18.0. The molecule has 0 amide bonds. The molecule has 0 saturated carbocycles. The molecule has 3 rings (SSSR count). The van der Waals surface area contributed by atoms with E-state index in [1.54, 1.807) is 4.31 Å². The minimum absolute atomic E-state index is 0.0226. The molecule has 4 nitrogen and oxygen atoms in total. The molecule has 5 heteroatoms. The van der Waals surface area contributed by atoms with Gasteiger partial charge in [-0.3, -0.25) is 4.90 Å². The summed E-state index contributed by atoms with van der Waals surface area (Å²) in [5.41, 5.74) is 6.42. The minimum atomic E-state index is -3.55. The molecule has 0 N–H and O–H groups in total. The number of benzene rings is 2. The van der Waals surface area contributed by atoms with Gasteiger partial charge in [0.05, 0.1) is 4.90 Å². The van der Waals surface area contributed by atoms with Crippen LogP contribution >= 0.6 is 0 Å². The lowest BCUT2D eigenvalue weighted by molar-refractivity contribution is 0.285. The lowest BCUT2D eigenvalue weighted by atomic mass is 9.95. The Kier molecular flexibility index (Phi) is 6.51. The molecule has 2 aromatic carbocycles. The van der Waals surface area contributed by atoms with Gasteiger partial charge < -0.3 is 0 Å². The maximum atomic E-state index is 13.8. The maximum Gasteiger partial charge on any atom is 0.243 e. The van der Waals surface area contributed by atoms with Crippen LogP contribution in [0, 0.1) is 34.6 Å². The molecule has 158 valence electrons. The number of likely N-dealkylation sites (N-methyl/N-ethyl adjacent to an activating group) is 1. The molecule has 1 aliphatic rings. The van der Waals surface area contributed by atoms with Crippen LogP contribution in [0.25, 0.3) is 0 Å². The second-order valence-electron chi connectivity index (χ2n) is 8.33. The quantitative estimate of drug-likeness (QED) is 0.698. The van der Waals surface area contributed by atoms with Crippen molar-refractivity contribution >= 4 is 10.0 Å². The molecular formula is C24H34N2O2S. The molecule has 1 fully saturated rings. The molecule has 1 atom stereocenters. The first kappa shape index (κ1) is 22.0. The SMILES string of the molecule is CCN(C1CCN(Cc2ccccc2)C1)S(=O)(=O)c1c(C)c(C)c(C)c(C)c1C. The third-order valence-electron chi connectivity index (χ3n) is 6.71. The summed E-state index contributed by atoms with van der Waals surface area (Å²) in [6.07, 6.45) is 0.877. The number of hydrogen-bond acceptors (Lipinski definition) is 3. The van der Waals surface area contributed by atoms with E-state index < -0.39 is 10.0 Å². The number of likely N-dealkylation sites (tertiary alicyclic amines) is 1. The van der Waals surface area contributed by atoms with Crippen molar-refractivity contribution in [1.29, 1.82) is 0 Å². The molecule has 0 aliphatic carbocycles. The predicted molar refractivity (Wildman–Crippen MR) is 120 cm³/mol. The van der Waals surface area contributed by atoms with Crippen LogP contribution in [0.3, 0.4) is 0 Å². The number of nitrogens with zero attached hydrogens (tertiary/aromatic N) is 2. The van der Waals surface area contributed by atoms with E-state index in [2.05, 4.69) is 36.1 Å². The number of hydrogen-bond donors (Lipinski definition) is 0. The van der Waals surface area contributed by atoms with Crippen LogP contribution in [0.2, 0.25) is 0 Å². The maximum absolute atomic E-state index is 13.8. The molecule has 0 bridgehead atoms. The Bertz CT molecular complexity index is 955. The first-order valence-corrected chi connectivity index (χ1v) is 12.0.